The molecule has 1 saturated heterocycles. The van der Waals surface area contributed by atoms with E-state index in [1.165, 1.54) is 0 Å². The quantitative estimate of drug-likeness (QED) is 0.661. The topological polar surface area (TPSA) is 55.3 Å². The molecular weight excluding hydrogens is 350 g/mol. The Hall–Kier alpha value is -3.21. The fourth-order valence-corrected chi connectivity index (χ4v) is 3.65. The van der Waals surface area contributed by atoms with Crippen LogP contribution in [0.15, 0.2) is 79.1 Å². The van der Waals surface area contributed by atoms with Gasteiger partial charge in [-0.3, -0.25) is 4.79 Å². The van der Waals surface area contributed by atoms with Crippen molar-refractivity contribution in [1.82, 2.24) is 14.9 Å². The largest absolute Gasteiger partial charge is 0.458 e. The smallest absolute Gasteiger partial charge is 0.316 e. The summed E-state index contributed by atoms with van der Waals surface area (Å²) in [4.78, 5) is 23.1. The lowest BCUT2D eigenvalue weighted by Crippen LogP contribution is -2.32. The molecule has 1 aromatic heterocycles. The molecule has 1 fully saturated rings. The minimum absolute atomic E-state index is 0.0484. The molecule has 0 aliphatic carbocycles. The van der Waals surface area contributed by atoms with Crippen LogP contribution in [0.4, 0.5) is 0 Å². The molecule has 1 atom stereocenters. The fraction of sp³-hybridized carbons (Fsp3) is 0.261. The second-order valence-corrected chi connectivity index (χ2v) is 6.98. The number of carbonyl (C=O) groups excluding carboxylic acids is 1. The van der Waals surface area contributed by atoms with Crippen LogP contribution >= 0.6 is 0 Å². The Morgan fingerprint density at radius 3 is 2.18 bits per heavy atom. The highest BCUT2D eigenvalue weighted by atomic mass is 16.5. The van der Waals surface area contributed by atoms with Gasteiger partial charge in [-0.05, 0) is 17.2 Å². The van der Waals surface area contributed by atoms with Crippen molar-refractivity contribution in [3.8, 4) is 6.01 Å². The molecule has 1 amide bonds. The Kier molecular flexibility index (Phi) is 5.61. The van der Waals surface area contributed by atoms with Crippen molar-refractivity contribution in [3.05, 3.63) is 90.3 Å². The summed E-state index contributed by atoms with van der Waals surface area (Å²) in [6, 6.07) is 22.6. The predicted octanol–water partition coefficient (Wildman–Crippen LogP) is 3.68. The normalized spacial score (nSPS) is 16.3. The molecule has 0 saturated carbocycles. The summed E-state index contributed by atoms with van der Waals surface area (Å²) in [5, 5.41) is 0. The number of benzene rings is 2. The number of ether oxygens (including phenoxy) is 1. The molecule has 2 heterocycles. The summed E-state index contributed by atoms with van der Waals surface area (Å²) in [7, 11) is 0. The highest BCUT2D eigenvalue weighted by Crippen LogP contribution is 2.29. The number of aromatic nitrogens is 2. The summed E-state index contributed by atoms with van der Waals surface area (Å²) in [5.74, 6) is 0.199. The zero-order valence-corrected chi connectivity index (χ0v) is 15.6. The lowest BCUT2D eigenvalue weighted by Gasteiger charge is -2.22. The van der Waals surface area contributed by atoms with Crippen molar-refractivity contribution in [2.45, 2.75) is 24.9 Å². The SMILES string of the molecule is O=C(CC(c1ccccc1)c1ccccc1)N1CCC(Oc2ncccn2)C1. The van der Waals surface area contributed by atoms with Crippen LogP contribution in [0.5, 0.6) is 6.01 Å². The van der Waals surface area contributed by atoms with Crippen LogP contribution in [0.1, 0.15) is 29.9 Å². The third-order valence-corrected chi connectivity index (χ3v) is 5.09. The van der Waals surface area contributed by atoms with Crippen LogP contribution in [0.2, 0.25) is 0 Å². The fourth-order valence-electron chi connectivity index (χ4n) is 3.65. The Balaban J connectivity index is 1.43. The second kappa shape index (κ2) is 8.65. The monoisotopic (exact) mass is 373 g/mol. The van der Waals surface area contributed by atoms with Crippen LogP contribution < -0.4 is 4.74 Å². The summed E-state index contributed by atoms with van der Waals surface area (Å²) in [6.07, 6.45) is 4.50. The summed E-state index contributed by atoms with van der Waals surface area (Å²) in [5.41, 5.74) is 2.32. The number of amides is 1. The second-order valence-electron chi connectivity index (χ2n) is 6.98. The van der Waals surface area contributed by atoms with E-state index < -0.39 is 0 Å². The van der Waals surface area contributed by atoms with Crippen LogP contribution in [0, 0.1) is 0 Å². The van der Waals surface area contributed by atoms with Gasteiger partial charge in [0.1, 0.15) is 6.10 Å². The highest BCUT2D eigenvalue weighted by Gasteiger charge is 2.30. The highest BCUT2D eigenvalue weighted by molar-refractivity contribution is 5.78. The number of rotatable bonds is 6. The lowest BCUT2D eigenvalue weighted by molar-refractivity contribution is -0.130. The van der Waals surface area contributed by atoms with Gasteiger partial charge >= 0.3 is 6.01 Å². The average Bonchev–Trinajstić information content (AvgIpc) is 3.22. The predicted molar refractivity (Wildman–Crippen MR) is 107 cm³/mol. The molecule has 0 N–H and O–H groups in total. The van der Waals surface area contributed by atoms with Crippen molar-refractivity contribution in [2.75, 3.05) is 13.1 Å². The van der Waals surface area contributed by atoms with Crippen LogP contribution in [0.25, 0.3) is 0 Å². The van der Waals surface area contributed by atoms with E-state index in [1.807, 2.05) is 41.3 Å². The molecule has 28 heavy (non-hydrogen) atoms. The number of hydrogen-bond donors (Lipinski definition) is 0. The average molecular weight is 373 g/mol. The first-order chi connectivity index (χ1) is 13.8. The maximum Gasteiger partial charge on any atom is 0.316 e. The molecule has 4 rings (SSSR count). The van der Waals surface area contributed by atoms with E-state index in [-0.39, 0.29) is 17.9 Å². The summed E-state index contributed by atoms with van der Waals surface area (Å²) < 4.78 is 5.81. The number of hydrogen-bond acceptors (Lipinski definition) is 4. The first-order valence-electron chi connectivity index (χ1n) is 9.61. The molecule has 1 aliphatic rings. The molecule has 2 aromatic carbocycles. The van der Waals surface area contributed by atoms with Gasteiger partial charge in [-0.2, -0.15) is 0 Å². The molecule has 0 bridgehead atoms. The third kappa shape index (κ3) is 4.36. The van der Waals surface area contributed by atoms with E-state index in [1.54, 1.807) is 18.5 Å². The zero-order chi connectivity index (χ0) is 19.2. The Morgan fingerprint density at radius 1 is 0.964 bits per heavy atom. The molecule has 0 spiro atoms. The van der Waals surface area contributed by atoms with Crippen LogP contribution in [0.3, 0.4) is 0 Å². The first kappa shape index (κ1) is 18.2. The van der Waals surface area contributed by atoms with E-state index >= 15 is 0 Å². The van der Waals surface area contributed by atoms with Crippen molar-refractivity contribution in [1.29, 1.82) is 0 Å². The molecule has 1 unspecified atom stereocenters. The van der Waals surface area contributed by atoms with Gasteiger partial charge < -0.3 is 9.64 Å². The summed E-state index contributed by atoms with van der Waals surface area (Å²) in [6.45, 7) is 1.28. The van der Waals surface area contributed by atoms with Crippen molar-refractivity contribution >= 4 is 5.91 Å². The van der Waals surface area contributed by atoms with E-state index in [2.05, 4.69) is 34.2 Å². The van der Waals surface area contributed by atoms with Gasteiger partial charge in [-0.1, -0.05) is 60.7 Å². The van der Waals surface area contributed by atoms with E-state index in [9.17, 15) is 4.79 Å². The van der Waals surface area contributed by atoms with Crippen molar-refractivity contribution in [3.63, 3.8) is 0 Å². The minimum atomic E-state index is -0.0572. The van der Waals surface area contributed by atoms with Gasteiger partial charge in [0.2, 0.25) is 5.91 Å². The molecule has 142 valence electrons. The van der Waals surface area contributed by atoms with Crippen molar-refractivity contribution < 1.29 is 9.53 Å². The van der Waals surface area contributed by atoms with Gasteiger partial charge in [-0.15, -0.1) is 0 Å². The summed E-state index contributed by atoms with van der Waals surface area (Å²) >= 11 is 0. The Bertz CT molecular complexity index is 848. The van der Waals surface area contributed by atoms with E-state index in [0.717, 1.165) is 17.5 Å². The zero-order valence-electron chi connectivity index (χ0n) is 15.6. The van der Waals surface area contributed by atoms with Gasteiger partial charge in [0.05, 0.1) is 6.54 Å². The van der Waals surface area contributed by atoms with E-state index in [4.69, 9.17) is 4.74 Å². The molecule has 5 nitrogen and oxygen atoms in total. The molecule has 0 radical (unpaired) electrons. The maximum atomic E-state index is 13.0. The Morgan fingerprint density at radius 2 is 1.57 bits per heavy atom. The Labute approximate surface area is 165 Å². The molecule has 5 heteroatoms. The minimum Gasteiger partial charge on any atom is -0.458 e. The number of likely N-dealkylation sites (tertiary alicyclic amines) is 1. The molecular formula is C23H23N3O2. The van der Waals surface area contributed by atoms with Crippen LogP contribution in [-0.4, -0.2) is 40.0 Å². The molecule has 3 aromatic rings. The van der Waals surface area contributed by atoms with Gasteiger partial charge in [-0.25, -0.2) is 9.97 Å². The standard InChI is InChI=1S/C23H23N3O2/c27-22(26-15-12-20(17-26)28-23-24-13-7-14-25-23)16-21(18-8-3-1-4-9-18)19-10-5-2-6-11-19/h1-11,13-14,20-21H,12,15-17H2. The van der Waals surface area contributed by atoms with Gasteiger partial charge in [0.15, 0.2) is 0 Å². The lowest BCUT2D eigenvalue weighted by atomic mass is 9.88. The maximum absolute atomic E-state index is 13.0. The number of nitrogens with zero attached hydrogens (tertiary/aromatic N) is 3. The van der Waals surface area contributed by atoms with Crippen molar-refractivity contribution in [2.24, 2.45) is 0 Å². The number of carbonyl (C=O) groups is 1. The van der Waals surface area contributed by atoms with Crippen LogP contribution in [-0.2, 0) is 4.79 Å². The molecule has 1 aliphatic heterocycles. The first-order valence-corrected chi connectivity index (χ1v) is 9.61. The van der Waals surface area contributed by atoms with Gasteiger partial charge in [0, 0.05) is 37.7 Å². The third-order valence-electron chi connectivity index (χ3n) is 5.09. The van der Waals surface area contributed by atoms with E-state index in [0.29, 0.717) is 25.5 Å². The van der Waals surface area contributed by atoms with Gasteiger partial charge in [0.25, 0.3) is 0 Å².